The number of amides is 2. The molecule has 1 saturated heterocycles. The Balaban J connectivity index is 1.40. The van der Waals surface area contributed by atoms with Crippen LogP contribution in [0.1, 0.15) is 34.4 Å². The summed E-state index contributed by atoms with van der Waals surface area (Å²) in [4.78, 5) is 29.1. The summed E-state index contributed by atoms with van der Waals surface area (Å²) in [6.45, 7) is 0.599. The molecule has 2 amide bonds. The molecule has 3 aromatic rings. The van der Waals surface area contributed by atoms with Crippen LogP contribution in [0.3, 0.4) is 0 Å². The van der Waals surface area contributed by atoms with E-state index in [1.165, 1.54) is 12.1 Å². The van der Waals surface area contributed by atoms with Crippen molar-refractivity contribution < 1.29 is 23.2 Å². The van der Waals surface area contributed by atoms with E-state index in [2.05, 4.69) is 10.1 Å². The molecule has 2 N–H and O–H groups in total. The lowest BCUT2D eigenvalue weighted by Crippen LogP contribution is -2.24. The molecule has 1 fully saturated rings. The highest BCUT2D eigenvalue weighted by molar-refractivity contribution is 5.96. The molecule has 8 nitrogen and oxygen atoms in total. The van der Waals surface area contributed by atoms with Crippen molar-refractivity contribution in [3.8, 4) is 5.75 Å². The van der Waals surface area contributed by atoms with Gasteiger partial charge in [-0.2, -0.15) is 4.98 Å². The molecule has 1 unspecified atom stereocenters. The Morgan fingerprint density at radius 3 is 2.76 bits per heavy atom. The fraction of sp³-hybridized carbons (Fsp3) is 0.200. The monoisotopic (exact) mass is 396 g/mol. The molecule has 9 heteroatoms. The van der Waals surface area contributed by atoms with Crippen molar-refractivity contribution in [1.82, 2.24) is 10.1 Å². The molecule has 0 saturated carbocycles. The Kier molecular flexibility index (Phi) is 4.94. The van der Waals surface area contributed by atoms with Crippen LogP contribution in [-0.4, -0.2) is 28.5 Å². The van der Waals surface area contributed by atoms with Crippen LogP contribution in [0.5, 0.6) is 5.75 Å². The first-order valence-corrected chi connectivity index (χ1v) is 8.90. The molecule has 0 spiro atoms. The predicted octanol–water partition coefficient (Wildman–Crippen LogP) is 2.41. The van der Waals surface area contributed by atoms with Gasteiger partial charge in [-0.15, -0.1) is 0 Å². The highest BCUT2D eigenvalue weighted by atomic mass is 19.1. The van der Waals surface area contributed by atoms with Crippen molar-refractivity contribution in [2.45, 2.75) is 18.9 Å². The topological polar surface area (TPSA) is 112 Å². The average molecular weight is 396 g/mol. The molecular formula is C20H17FN4O4. The second-order valence-electron chi connectivity index (χ2n) is 6.64. The Morgan fingerprint density at radius 1 is 1.28 bits per heavy atom. The third-order valence-electron chi connectivity index (χ3n) is 4.59. The van der Waals surface area contributed by atoms with E-state index >= 15 is 0 Å². The number of rotatable bonds is 6. The molecule has 0 radical (unpaired) electrons. The first-order chi connectivity index (χ1) is 14.0. The lowest BCUT2D eigenvalue weighted by molar-refractivity contribution is -0.117. The van der Waals surface area contributed by atoms with Gasteiger partial charge in [0.1, 0.15) is 18.2 Å². The van der Waals surface area contributed by atoms with Crippen LogP contribution in [0, 0.1) is 5.82 Å². The molecule has 4 rings (SSSR count). The van der Waals surface area contributed by atoms with E-state index in [0.29, 0.717) is 18.0 Å². The molecule has 1 aliphatic heterocycles. The van der Waals surface area contributed by atoms with Gasteiger partial charge in [-0.25, -0.2) is 4.39 Å². The normalized spacial score (nSPS) is 16.2. The van der Waals surface area contributed by atoms with Crippen molar-refractivity contribution in [3.63, 3.8) is 0 Å². The van der Waals surface area contributed by atoms with E-state index in [-0.39, 0.29) is 42.4 Å². The van der Waals surface area contributed by atoms with Crippen LogP contribution < -0.4 is 15.4 Å². The fourth-order valence-electron chi connectivity index (χ4n) is 3.15. The predicted molar refractivity (Wildman–Crippen MR) is 99.7 cm³/mol. The number of ether oxygens (including phenoxy) is 1. The van der Waals surface area contributed by atoms with Gasteiger partial charge in [-0.3, -0.25) is 9.59 Å². The number of halogens is 1. The maximum absolute atomic E-state index is 13.2. The number of carbonyl (C=O) groups excluding carboxylic acids is 2. The number of nitrogens with two attached hydrogens (primary N) is 1. The van der Waals surface area contributed by atoms with E-state index < -0.39 is 5.91 Å². The fourth-order valence-corrected chi connectivity index (χ4v) is 3.15. The zero-order valence-corrected chi connectivity index (χ0v) is 15.2. The van der Waals surface area contributed by atoms with Gasteiger partial charge in [0, 0.05) is 24.6 Å². The van der Waals surface area contributed by atoms with Crippen LogP contribution in [0.25, 0.3) is 0 Å². The molecule has 2 aromatic carbocycles. The summed E-state index contributed by atoms with van der Waals surface area (Å²) in [5.74, 6) is -0.884. The van der Waals surface area contributed by atoms with E-state index in [4.69, 9.17) is 15.0 Å². The summed E-state index contributed by atoms with van der Waals surface area (Å²) in [7, 11) is 0. The van der Waals surface area contributed by atoms with Crippen molar-refractivity contribution >= 4 is 17.5 Å². The highest BCUT2D eigenvalue weighted by Gasteiger charge is 2.34. The Labute approximate surface area is 165 Å². The molecule has 29 heavy (non-hydrogen) atoms. The van der Waals surface area contributed by atoms with E-state index in [9.17, 15) is 14.0 Å². The molecule has 1 aliphatic rings. The van der Waals surface area contributed by atoms with Crippen LogP contribution >= 0.6 is 0 Å². The number of anilines is 1. The van der Waals surface area contributed by atoms with E-state index in [1.807, 2.05) is 0 Å². The Hall–Kier alpha value is -3.75. The number of carbonyl (C=O) groups is 2. The molecule has 1 aromatic heterocycles. The van der Waals surface area contributed by atoms with Gasteiger partial charge in [0.2, 0.25) is 5.91 Å². The van der Waals surface area contributed by atoms with Crippen molar-refractivity contribution in [1.29, 1.82) is 0 Å². The molecule has 2 heterocycles. The molecule has 1 atom stereocenters. The third-order valence-corrected chi connectivity index (χ3v) is 4.59. The van der Waals surface area contributed by atoms with Crippen molar-refractivity contribution in [2.24, 2.45) is 5.73 Å². The van der Waals surface area contributed by atoms with Gasteiger partial charge in [0.15, 0.2) is 5.82 Å². The van der Waals surface area contributed by atoms with Gasteiger partial charge >= 0.3 is 11.8 Å². The van der Waals surface area contributed by atoms with Gasteiger partial charge in [0.25, 0.3) is 0 Å². The number of primary amides is 1. The molecule has 0 aliphatic carbocycles. The number of nitrogens with zero attached hydrogens (tertiary/aromatic N) is 3. The smallest absolute Gasteiger partial charge is 0.315 e. The lowest BCUT2D eigenvalue weighted by Gasteiger charge is -2.16. The standard InChI is InChI=1S/C20H17FN4O4/c21-14-3-1-2-12(8-14)11-28-16-6-4-15(5-7-16)25-10-13(9-17(25)26)19-23-20(18(22)27)29-24-19/h1-8,13H,9-11H2,(H2,22,27). The summed E-state index contributed by atoms with van der Waals surface area (Å²) in [6, 6.07) is 13.2. The summed E-state index contributed by atoms with van der Waals surface area (Å²) in [5.41, 5.74) is 6.54. The van der Waals surface area contributed by atoms with Gasteiger partial charge in [-0.05, 0) is 42.0 Å². The van der Waals surface area contributed by atoms with E-state index in [1.54, 1.807) is 41.3 Å². The molecular weight excluding hydrogens is 379 g/mol. The minimum atomic E-state index is -0.807. The SMILES string of the molecule is NC(=O)c1nc(C2CC(=O)N(c3ccc(OCc4cccc(F)c4)cc3)C2)no1. The van der Waals surface area contributed by atoms with Crippen LogP contribution in [0.2, 0.25) is 0 Å². The number of hydrogen-bond donors (Lipinski definition) is 1. The van der Waals surface area contributed by atoms with E-state index in [0.717, 1.165) is 5.56 Å². The highest BCUT2D eigenvalue weighted by Crippen LogP contribution is 2.31. The zero-order valence-electron chi connectivity index (χ0n) is 15.2. The quantitative estimate of drug-likeness (QED) is 0.685. The first kappa shape index (κ1) is 18.6. The summed E-state index contributed by atoms with van der Waals surface area (Å²) < 4.78 is 23.7. The molecule has 0 bridgehead atoms. The van der Waals surface area contributed by atoms with Gasteiger partial charge in [-0.1, -0.05) is 17.3 Å². The Morgan fingerprint density at radius 2 is 2.07 bits per heavy atom. The maximum Gasteiger partial charge on any atom is 0.315 e. The number of hydrogen-bond acceptors (Lipinski definition) is 6. The van der Waals surface area contributed by atoms with Crippen LogP contribution in [-0.2, 0) is 11.4 Å². The second kappa shape index (κ2) is 7.70. The summed E-state index contributed by atoms with van der Waals surface area (Å²) >= 11 is 0. The second-order valence-corrected chi connectivity index (χ2v) is 6.64. The largest absolute Gasteiger partial charge is 0.489 e. The molecule has 148 valence electrons. The minimum absolute atomic E-state index is 0.0890. The van der Waals surface area contributed by atoms with Gasteiger partial charge < -0.3 is 19.9 Å². The Bertz CT molecular complexity index is 1050. The lowest BCUT2D eigenvalue weighted by atomic mass is 10.1. The zero-order chi connectivity index (χ0) is 20.4. The average Bonchev–Trinajstić information content (AvgIpc) is 3.34. The van der Waals surface area contributed by atoms with Crippen LogP contribution in [0.4, 0.5) is 10.1 Å². The maximum atomic E-state index is 13.2. The third kappa shape index (κ3) is 4.08. The van der Waals surface area contributed by atoms with Crippen molar-refractivity contribution in [2.75, 3.05) is 11.4 Å². The number of benzene rings is 2. The van der Waals surface area contributed by atoms with Crippen molar-refractivity contribution in [3.05, 3.63) is 71.6 Å². The van der Waals surface area contributed by atoms with Gasteiger partial charge in [0.05, 0.1) is 0 Å². The minimum Gasteiger partial charge on any atom is -0.489 e. The number of aromatic nitrogens is 2. The summed E-state index contributed by atoms with van der Waals surface area (Å²) in [6.07, 6.45) is 0.204. The first-order valence-electron chi connectivity index (χ1n) is 8.90. The van der Waals surface area contributed by atoms with Crippen LogP contribution in [0.15, 0.2) is 53.1 Å². The summed E-state index contributed by atoms with van der Waals surface area (Å²) in [5, 5.41) is 3.74.